The van der Waals surface area contributed by atoms with E-state index in [-0.39, 0.29) is 6.61 Å². The van der Waals surface area contributed by atoms with Gasteiger partial charge in [0, 0.05) is 0 Å². The van der Waals surface area contributed by atoms with Crippen LogP contribution in [0.2, 0.25) is 0 Å². The monoisotopic (exact) mass is 151 g/mol. The Balaban J connectivity index is 4.22. The molecule has 6 heteroatoms. The molecule has 0 radical (unpaired) electrons. The third kappa shape index (κ3) is 3.84. The van der Waals surface area contributed by atoms with Crippen LogP contribution >= 0.6 is 0 Å². The highest BCUT2D eigenvalue weighted by Gasteiger charge is 2.04. The largest absolute Gasteiger partial charge is 0.391 e. The lowest BCUT2D eigenvalue weighted by Crippen LogP contribution is -2.00. The van der Waals surface area contributed by atoms with Crippen molar-refractivity contribution in [2.75, 3.05) is 6.61 Å². The van der Waals surface area contributed by atoms with Crippen LogP contribution < -0.4 is 0 Å². The summed E-state index contributed by atoms with van der Waals surface area (Å²) in [4.78, 5) is 9.34. The zero-order chi connectivity index (χ0) is 7.33. The number of isocyanates is 1. The van der Waals surface area contributed by atoms with Gasteiger partial charge in [0.05, 0.1) is 6.61 Å². The van der Waals surface area contributed by atoms with Crippen LogP contribution in [0.15, 0.2) is 4.40 Å². The highest BCUT2D eigenvalue weighted by molar-refractivity contribution is 7.85. The van der Waals surface area contributed by atoms with Gasteiger partial charge in [-0.3, -0.25) is 4.18 Å². The van der Waals surface area contributed by atoms with Crippen molar-refractivity contribution in [1.82, 2.24) is 0 Å². The summed E-state index contributed by atoms with van der Waals surface area (Å²) >= 11 is 0. The Morgan fingerprint density at radius 3 is 2.56 bits per heavy atom. The molecule has 0 N–H and O–H groups in total. The summed E-state index contributed by atoms with van der Waals surface area (Å²) in [5.74, 6) is 0. The lowest BCUT2D eigenvalue weighted by Gasteiger charge is -1.89. The van der Waals surface area contributed by atoms with Gasteiger partial charge in [0.25, 0.3) is 6.08 Å². The first-order valence-corrected chi connectivity index (χ1v) is 3.47. The second kappa shape index (κ2) is 3.34. The smallest absolute Gasteiger partial charge is 0.252 e. The van der Waals surface area contributed by atoms with E-state index < -0.39 is 10.3 Å². The van der Waals surface area contributed by atoms with E-state index in [1.807, 2.05) is 0 Å². The van der Waals surface area contributed by atoms with Gasteiger partial charge in [-0.1, -0.05) is 4.40 Å². The first kappa shape index (κ1) is 8.29. The van der Waals surface area contributed by atoms with Gasteiger partial charge in [-0.05, 0) is 6.92 Å². The standard InChI is InChI=1S/C3H5NO4S/c1-2-8-9(6,7)4-3-5/h2H2,1H3. The summed E-state index contributed by atoms with van der Waals surface area (Å²) in [6.45, 7) is 1.44. The van der Waals surface area contributed by atoms with Crippen molar-refractivity contribution in [1.29, 1.82) is 0 Å². The Morgan fingerprint density at radius 2 is 2.22 bits per heavy atom. The Kier molecular flexibility index (Phi) is 3.08. The van der Waals surface area contributed by atoms with Crippen LogP contribution in [0.5, 0.6) is 0 Å². The summed E-state index contributed by atoms with van der Waals surface area (Å²) in [5, 5.41) is 0. The van der Waals surface area contributed by atoms with Gasteiger partial charge in [0.15, 0.2) is 0 Å². The molecule has 52 valence electrons. The predicted molar refractivity (Wildman–Crippen MR) is 28.7 cm³/mol. The van der Waals surface area contributed by atoms with E-state index in [0.717, 1.165) is 6.08 Å². The fraction of sp³-hybridized carbons (Fsp3) is 0.667. The molecule has 0 aliphatic rings. The lowest BCUT2D eigenvalue weighted by molar-refractivity contribution is 0.339. The van der Waals surface area contributed by atoms with Crippen molar-refractivity contribution >= 4 is 16.4 Å². The van der Waals surface area contributed by atoms with E-state index in [2.05, 4.69) is 8.58 Å². The molecule has 0 rings (SSSR count). The van der Waals surface area contributed by atoms with Gasteiger partial charge in [-0.25, -0.2) is 4.79 Å². The minimum Gasteiger partial charge on any atom is -0.252 e. The van der Waals surface area contributed by atoms with Crippen LogP contribution in [-0.4, -0.2) is 21.1 Å². The maximum Gasteiger partial charge on any atom is 0.391 e. The molecule has 0 aromatic heterocycles. The zero-order valence-electron chi connectivity index (χ0n) is 4.70. The van der Waals surface area contributed by atoms with Gasteiger partial charge >= 0.3 is 10.3 Å². The van der Waals surface area contributed by atoms with Crippen molar-refractivity contribution in [3.05, 3.63) is 0 Å². The lowest BCUT2D eigenvalue weighted by atomic mass is 10.9. The number of hydrogen-bond donors (Lipinski definition) is 0. The summed E-state index contributed by atoms with van der Waals surface area (Å²) < 4.78 is 26.8. The Hall–Kier alpha value is -0.710. The maximum absolute atomic E-state index is 10.2. The first-order valence-electron chi connectivity index (χ1n) is 2.11. The summed E-state index contributed by atoms with van der Waals surface area (Å²) in [6, 6.07) is 0. The zero-order valence-corrected chi connectivity index (χ0v) is 5.51. The van der Waals surface area contributed by atoms with Gasteiger partial charge < -0.3 is 0 Å². The summed E-state index contributed by atoms with van der Waals surface area (Å²) in [6.07, 6.45) is 0.855. The van der Waals surface area contributed by atoms with Crippen molar-refractivity contribution in [3.63, 3.8) is 0 Å². The fourth-order valence-corrected chi connectivity index (χ4v) is 0.663. The average Bonchev–Trinajstić information content (AvgIpc) is 1.64. The van der Waals surface area contributed by atoms with Crippen LogP contribution in [-0.2, 0) is 19.3 Å². The van der Waals surface area contributed by atoms with Crippen molar-refractivity contribution < 1.29 is 17.4 Å². The Morgan fingerprint density at radius 1 is 1.67 bits per heavy atom. The summed E-state index contributed by atoms with van der Waals surface area (Å²) in [7, 11) is -3.98. The van der Waals surface area contributed by atoms with Gasteiger partial charge in [-0.2, -0.15) is 8.42 Å². The van der Waals surface area contributed by atoms with Gasteiger partial charge in [0.2, 0.25) is 0 Å². The third-order valence-corrected chi connectivity index (χ3v) is 1.25. The molecule has 0 fully saturated rings. The molecule has 5 nitrogen and oxygen atoms in total. The topological polar surface area (TPSA) is 72.8 Å². The number of nitrogens with zero attached hydrogens (tertiary/aromatic N) is 1. The van der Waals surface area contributed by atoms with Crippen molar-refractivity contribution in [2.45, 2.75) is 6.92 Å². The highest BCUT2D eigenvalue weighted by Crippen LogP contribution is 1.90. The molecule has 0 bridgehead atoms. The van der Waals surface area contributed by atoms with E-state index >= 15 is 0 Å². The molecular formula is C3H5NO4S. The highest BCUT2D eigenvalue weighted by atomic mass is 32.2. The van der Waals surface area contributed by atoms with Crippen LogP contribution in [0, 0.1) is 0 Å². The van der Waals surface area contributed by atoms with Crippen LogP contribution in [0.1, 0.15) is 6.92 Å². The third-order valence-electron chi connectivity index (χ3n) is 0.416. The first-order chi connectivity index (χ1) is 4.12. The molecule has 0 spiro atoms. The molecule has 0 aromatic rings. The molecule has 0 atom stereocenters. The van der Waals surface area contributed by atoms with E-state index in [4.69, 9.17) is 0 Å². The molecule has 0 saturated carbocycles. The van der Waals surface area contributed by atoms with Crippen LogP contribution in [0.25, 0.3) is 0 Å². The molecule has 0 aliphatic heterocycles. The molecule has 0 saturated heterocycles. The normalized spacial score (nSPS) is 10.3. The molecule has 9 heavy (non-hydrogen) atoms. The molecule has 0 heterocycles. The number of rotatable bonds is 3. The minimum absolute atomic E-state index is 0.0342. The summed E-state index contributed by atoms with van der Waals surface area (Å²) in [5.41, 5.74) is 0. The van der Waals surface area contributed by atoms with Crippen molar-refractivity contribution in [2.24, 2.45) is 4.40 Å². The predicted octanol–water partition coefficient (Wildman–Crippen LogP) is -0.396. The number of hydrogen-bond acceptors (Lipinski definition) is 4. The Bertz CT molecular complexity index is 212. The second-order valence-corrected chi connectivity index (χ2v) is 2.29. The fourth-order valence-electron chi connectivity index (χ4n) is 0.221. The quantitative estimate of drug-likeness (QED) is 0.406. The van der Waals surface area contributed by atoms with E-state index in [1.54, 1.807) is 0 Å². The average molecular weight is 151 g/mol. The molecule has 0 unspecified atom stereocenters. The van der Waals surface area contributed by atoms with E-state index in [1.165, 1.54) is 6.92 Å². The van der Waals surface area contributed by atoms with Gasteiger partial charge in [-0.15, -0.1) is 0 Å². The molecule has 0 aliphatic carbocycles. The van der Waals surface area contributed by atoms with Gasteiger partial charge in [0.1, 0.15) is 0 Å². The SMILES string of the molecule is CCOS(=O)(=O)N=C=O. The van der Waals surface area contributed by atoms with Crippen LogP contribution in [0.3, 0.4) is 0 Å². The van der Waals surface area contributed by atoms with Crippen molar-refractivity contribution in [3.8, 4) is 0 Å². The maximum atomic E-state index is 10.2. The Labute approximate surface area is 52.6 Å². The number of carbonyl (C=O) groups excluding carboxylic acids is 1. The minimum atomic E-state index is -3.98. The van der Waals surface area contributed by atoms with E-state index in [0.29, 0.717) is 0 Å². The molecular weight excluding hydrogens is 146 g/mol. The van der Waals surface area contributed by atoms with Crippen LogP contribution in [0.4, 0.5) is 0 Å². The second-order valence-electron chi connectivity index (χ2n) is 1.02. The molecule has 0 amide bonds. The molecule has 0 aromatic carbocycles. The van der Waals surface area contributed by atoms with E-state index in [9.17, 15) is 13.2 Å².